The zero-order valence-corrected chi connectivity index (χ0v) is 23.9. The highest BCUT2D eigenvalue weighted by molar-refractivity contribution is 9.10. The SMILES string of the molecule is Cc1cc(N2CCCC(NC(=O)C(=O)NC(Cc3ccc(Cl)cc3)Cc3ccc(Cl)cc3)C2=O)ccc1Br. The molecule has 0 aliphatic carbocycles. The van der Waals surface area contributed by atoms with E-state index in [0.29, 0.717) is 42.3 Å². The lowest BCUT2D eigenvalue weighted by molar-refractivity contribution is -0.141. The fraction of sp³-hybridized carbons (Fsp3) is 0.276. The van der Waals surface area contributed by atoms with Gasteiger partial charge < -0.3 is 15.5 Å². The maximum atomic E-state index is 13.2. The molecule has 0 spiro atoms. The van der Waals surface area contributed by atoms with Gasteiger partial charge in [-0.1, -0.05) is 63.4 Å². The van der Waals surface area contributed by atoms with Crippen molar-refractivity contribution < 1.29 is 14.4 Å². The third kappa shape index (κ3) is 7.37. The highest BCUT2D eigenvalue weighted by Gasteiger charge is 2.32. The van der Waals surface area contributed by atoms with E-state index < -0.39 is 17.9 Å². The molecule has 1 fully saturated rings. The van der Waals surface area contributed by atoms with Gasteiger partial charge in [0.1, 0.15) is 6.04 Å². The molecule has 1 heterocycles. The van der Waals surface area contributed by atoms with Crippen molar-refractivity contribution in [3.8, 4) is 0 Å². The zero-order valence-electron chi connectivity index (χ0n) is 20.8. The molecule has 4 rings (SSSR count). The highest BCUT2D eigenvalue weighted by atomic mass is 79.9. The number of anilines is 1. The number of hydrogen-bond donors (Lipinski definition) is 2. The van der Waals surface area contributed by atoms with Crippen molar-refractivity contribution in [3.05, 3.63) is 97.9 Å². The molecule has 2 N–H and O–H groups in total. The Morgan fingerprint density at radius 3 is 2.08 bits per heavy atom. The Morgan fingerprint density at radius 2 is 1.53 bits per heavy atom. The average Bonchev–Trinajstić information content (AvgIpc) is 2.89. The van der Waals surface area contributed by atoms with Gasteiger partial charge in [0.25, 0.3) is 0 Å². The van der Waals surface area contributed by atoms with E-state index in [1.165, 1.54) is 0 Å². The van der Waals surface area contributed by atoms with Crippen LogP contribution in [0, 0.1) is 6.92 Å². The molecule has 1 atom stereocenters. The summed E-state index contributed by atoms with van der Waals surface area (Å²) in [5, 5.41) is 6.76. The summed E-state index contributed by atoms with van der Waals surface area (Å²) in [6.45, 7) is 2.51. The minimum atomic E-state index is -0.825. The first-order valence-electron chi connectivity index (χ1n) is 12.4. The molecule has 1 aliphatic heterocycles. The minimum absolute atomic E-state index is 0.224. The first kappa shape index (κ1) is 28.1. The zero-order chi connectivity index (χ0) is 27.2. The van der Waals surface area contributed by atoms with Crippen molar-refractivity contribution in [2.24, 2.45) is 0 Å². The minimum Gasteiger partial charge on any atom is -0.344 e. The molecule has 0 radical (unpaired) electrons. The first-order valence-corrected chi connectivity index (χ1v) is 13.9. The van der Waals surface area contributed by atoms with Crippen molar-refractivity contribution in [2.75, 3.05) is 11.4 Å². The van der Waals surface area contributed by atoms with Gasteiger partial charge in [-0.15, -0.1) is 0 Å². The lowest BCUT2D eigenvalue weighted by atomic mass is 9.98. The molecular weight excluding hydrogens is 589 g/mol. The maximum Gasteiger partial charge on any atom is 0.309 e. The Morgan fingerprint density at radius 1 is 0.947 bits per heavy atom. The monoisotopic (exact) mass is 615 g/mol. The van der Waals surface area contributed by atoms with Crippen molar-refractivity contribution >= 4 is 62.5 Å². The maximum absolute atomic E-state index is 13.2. The van der Waals surface area contributed by atoms with Gasteiger partial charge >= 0.3 is 11.8 Å². The van der Waals surface area contributed by atoms with Crippen LogP contribution in [0.5, 0.6) is 0 Å². The lowest BCUT2D eigenvalue weighted by Crippen LogP contribution is -2.56. The summed E-state index contributed by atoms with van der Waals surface area (Å²) in [4.78, 5) is 40.7. The molecule has 3 amide bonds. The van der Waals surface area contributed by atoms with Crippen LogP contribution >= 0.6 is 39.1 Å². The van der Waals surface area contributed by atoms with E-state index in [-0.39, 0.29) is 11.9 Å². The van der Waals surface area contributed by atoms with Gasteiger partial charge in [0, 0.05) is 32.8 Å². The average molecular weight is 617 g/mol. The topological polar surface area (TPSA) is 78.5 Å². The Kier molecular flexibility index (Phi) is 9.47. The third-order valence-electron chi connectivity index (χ3n) is 6.53. The fourth-order valence-corrected chi connectivity index (χ4v) is 5.02. The number of nitrogens with zero attached hydrogens (tertiary/aromatic N) is 1. The molecular formula is C29H28BrCl2N3O3. The largest absolute Gasteiger partial charge is 0.344 e. The number of benzene rings is 3. The van der Waals surface area contributed by atoms with Crippen LogP contribution in [0.1, 0.15) is 29.5 Å². The van der Waals surface area contributed by atoms with Crippen molar-refractivity contribution in [1.29, 1.82) is 0 Å². The molecule has 3 aromatic carbocycles. The van der Waals surface area contributed by atoms with Gasteiger partial charge in [-0.3, -0.25) is 14.4 Å². The fourth-order valence-electron chi connectivity index (χ4n) is 4.52. The Hall–Kier alpha value is -2.87. The van der Waals surface area contributed by atoms with E-state index in [9.17, 15) is 14.4 Å². The first-order chi connectivity index (χ1) is 18.2. The van der Waals surface area contributed by atoms with Gasteiger partial charge in [0.05, 0.1) is 0 Å². The standard InChI is InChI=1S/C29H28BrCl2N3O3/c1-18-15-24(12-13-25(18)30)35-14-2-3-26(29(35)38)34-28(37)27(36)33-23(16-19-4-8-21(31)9-5-19)17-20-6-10-22(32)11-7-20/h4-13,15,23,26H,2-3,14,16-17H2,1H3,(H,33,36)(H,34,37). The van der Waals surface area contributed by atoms with Crippen LogP contribution in [0.2, 0.25) is 10.0 Å². The van der Waals surface area contributed by atoms with E-state index >= 15 is 0 Å². The van der Waals surface area contributed by atoms with Crippen LogP contribution < -0.4 is 15.5 Å². The van der Waals surface area contributed by atoms with E-state index in [0.717, 1.165) is 26.9 Å². The lowest BCUT2D eigenvalue weighted by Gasteiger charge is -2.33. The predicted octanol–water partition coefficient (Wildman–Crippen LogP) is 5.65. The van der Waals surface area contributed by atoms with Crippen LogP contribution in [-0.4, -0.2) is 36.3 Å². The quantitative estimate of drug-likeness (QED) is 0.337. The van der Waals surface area contributed by atoms with Gasteiger partial charge in [0.2, 0.25) is 5.91 Å². The second-order valence-electron chi connectivity index (χ2n) is 9.42. The van der Waals surface area contributed by atoms with Crippen molar-refractivity contribution in [3.63, 3.8) is 0 Å². The third-order valence-corrected chi connectivity index (χ3v) is 7.92. The molecule has 1 aliphatic rings. The van der Waals surface area contributed by atoms with Crippen molar-refractivity contribution in [2.45, 2.75) is 44.7 Å². The molecule has 0 saturated carbocycles. The van der Waals surface area contributed by atoms with Crippen LogP contribution in [-0.2, 0) is 27.2 Å². The van der Waals surface area contributed by atoms with Crippen LogP contribution in [0.3, 0.4) is 0 Å². The molecule has 1 saturated heterocycles. The highest BCUT2D eigenvalue weighted by Crippen LogP contribution is 2.26. The van der Waals surface area contributed by atoms with Gasteiger partial charge in [0.15, 0.2) is 0 Å². The molecule has 0 bridgehead atoms. The van der Waals surface area contributed by atoms with Crippen LogP contribution in [0.4, 0.5) is 5.69 Å². The van der Waals surface area contributed by atoms with E-state index in [1.54, 1.807) is 29.2 Å². The van der Waals surface area contributed by atoms with Crippen molar-refractivity contribution in [1.82, 2.24) is 10.6 Å². The number of carbonyl (C=O) groups excluding carboxylic acids is 3. The summed E-state index contributed by atoms with van der Waals surface area (Å²) in [6, 6.07) is 19.3. The van der Waals surface area contributed by atoms with E-state index in [4.69, 9.17) is 23.2 Å². The molecule has 6 nitrogen and oxygen atoms in total. The summed E-state index contributed by atoms with van der Waals surface area (Å²) in [5.74, 6) is -1.82. The number of aryl methyl sites for hydroxylation is 1. The molecule has 0 aromatic heterocycles. The molecule has 198 valence electrons. The normalized spacial score (nSPS) is 15.4. The molecule has 1 unspecified atom stereocenters. The van der Waals surface area contributed by atoms with Crippen LogP contribution in [0.15, 0.2) is 71.2 Å². The molecule has 38 heavy (non-hydrogen) atoms. The Labute approximate surface area is 240 Å². The number of rotatable bonds is 7. The predicted molar refractivity (Wildman–Crippen MR) is 155 cm³/mol. The number of halogens is 3. The number of hydrogen-bond acceptors (Lipinski definition) is 3. The van der Waals surface area contributed by atoms with E-state index in [2.05, 4.69) is 26.6 Å². The molecule has 3 aromatic rings. The molecule has 9 heteroatoms. The number of nitrogens with one attached hydrogen (secondary N) is 2. The second-order valence-corrected chi connectivity index (χ2v) is 11.2. The number of carbonyl (C=O) groups is 3. The smallest absolute Gasteiger partial charge is 0.309 e. The summed E-state index contributed by atoms with van der Waals surface area (Å²) >= 11 is 15.5. The van der Waals surface area contributed by atoms with Gasteiger partial charge in [-0.05, 0) is 91.8 Å². The van der Waals surface area contributed by atoms with E-state index in [1.807, 2.05) is 49.4 Å². The van der Waals surface area contributed by atoms with Gasteiger partial charge in [-0.25, -0.2) is 0 Å². The summed E-state index contributed by atoms with van der Waals surface area (Å²) in [7, 11) is 0. The number of amides is 3. The van der Waals surface area contributed by atoms with Crippen LogP contribution in [0.25, 0.3) is 0 Å². The Balaban J connectivity index is 1.43. The summed E-state index contributed by atoms with van der Waals surface area (Å²) < 4.78 is 0.957. The summed E-state index contributed by atoms with van der Waals surface area (Å²) in [6.07, 6.45) is 2.18. The Bertz CT molecular complexity index is 1270. The number of piperidine rings is 1. The summed E-state index contributed by atoms with van der Waals surface area (Å²) in [5.41, 5.74) is 3.72. The van der Waals surface area contributed by atoms with Gasteiger partial charge in [-0.2, -0.15) is 0 Å². The second kappa shape index (κ2) is 12.8.